The Labute approximate surface area is 267 Å². The molecule has 1 atom stereocenters. The zero-order valence-electron chi connectivity index (χ0n) is 27.9. The number of methoxy groups -OCH3 is 1. The van der Waals surface area contributed by atoms with E-state index in [1.54, 1.807) is 7.11 Å². The van der Waals surface area contributed by atoms with Gasteiger partial charge in [-0.2, -0.15) is 4.57 Å². The molecule has 1 aliphatic heterocycles. The van der Waals surface area contributed by atoms with E-state index in [0.717, 1.165) is 66.7 Å². The standard InChI is InChI=1S/C37H60N2O3S/c1-5-7-9-10-11-12-13-14-15-16-17-18-19-20-21-24-28-38-36(40)42-34-31-25-22-23-26-32(31)39(29-8-6-2)35(41-4)33(34)37(3)27-30-43-37/h22-23,25-26H,5-21,24,27-30H2,1-4H3/p+1. The van der Waals surface area contributed by atoms with E-state index in [9.17, 15) is 4.79 Å². The summed E-state index contributed by atoms with van der Waals surface area (Å²) in [5.41, 5.74) is 2.06. The fraction of sp³-hybridized carbons (Fsp3) is 0.730. The van der Waals surface area contributed by atoms with Crippen LogP contribution in [0.5, 0.6) is 11.6 Å². The van der Waals surface area contributed by atoms with Crippen LogP contribution in [0.25, 0.3) is 10.9 Å². The number of fused-ring (bicyclic) bond motifs is 1. The Balaban J connectivity index is 1.40. The van der Waals surface area contributed by atoms with Crippen molar-refractivity contribution in [3.05, 3.63) is 29.8 Å². The number of ether oxygens (including phenoxy) is 2. The smallest absolute Gasteiger partial charge is 0.412 e. The summed E-state index contributed by atoms with van der Waals surface area (Å²) in [6.07, 6.45) is 24.3. The summed E-state index contributed by atoms with van der Waals surface area (Å²) in [6.45, 7) is 8.27. The lowest BCUT2D eigenvalue weighted by Gasteiger charge is -2.38. The van der Waals surface area contributed by atoms with Crippen molar-refractivity contribution >= 4 is 28.8 Å². The number of para-hydroxylation sites is 1. The van der Waals surface area contributed by atoms with Gasteiger partial charge in [0, 0.05) is 19.0 Å². The second kappa shape index (κ2) is 20.2. The van der Waals surface area contributed by atoms with Crippen molar-refractivity contribution in [3.63, 3.8) is 0 Å². The van der Waals surface area contributed by atoms with Gasteiger partial charge in [0.05, 0.1) is 17.2 Å². The van der Waals surface area contributed by atoms with Gasteiger partial charge < -0.3 is 14.8 Å². The van der Waals surface area contributed by atoms with E-state index < -0.39 is 0 Å². The summed E-state index contributed by atoms with van der Waals surface area (Å²) < 4.78 is 14.4. The first kappa shape index (κ1) is 35.5. The summed E-state index contributed by atoms with van der Waals surface area (Å²) in [5, 5.41) is 4.00. The molecule has 1 fully saturated rings. The lowest BCUT2D eigenvalue weighted by molar-refractivity contribution is -0.677. The van der Waals surface area contributed by atoms with Gasteiger partial charge >= 0.3 is 12.0 Å². The van der Waals surface area contributed by atoms with Crippen LogP contribution in [0.2, 0.25) is 0 Å². The number of pyridine rings is 1. The number of aromatic nitrogens is 1. The molecule has 5 nitrogen and oxygen atoms in total. The maximum Gasteiger partial charge on any atom is 0.412 e. The molecule has 0 aliphatic carbocycles. The van der Waals surface area contributed by atoms with Crippen LogP contribution in [0.3, 0.4) is 0 Å². The van der Waals surface area contributed by atoms with Crippen LogP contribution in [-0.4, -0.2) is 25.5 Å². The quantitative estimate of drug-likeness (QED) is 0.100. The van der Waals surface area contributed by atoms with Crippen LogP contribution in [-0.2, 0) is 11.3 Å². The summed E-state index contributed by atoms with van der Waals surface area (Å²) in [6, 6.07) is 8.26. The molecule has 43 heavy (non-hydrogen) atoms. The van der Waals surface area contributed by atoms with Gasteiger partial charge in [-0.05, 0) is 31.6 Å². The molecule has 0 bridgehead atoms. The first-order chi connectivity index (χ1) is 21.1. The second-order valence-electron chi connectivity index (χ2n) is 12.7. The first-order valence-corrected chi connectivity index (χ1v) is 18.7. The minimum Gasteiger partial charge on any atom is -0.447 e. The minimum absolute atomic E-state index is 0.132. The van der Waals surface area contributed by atoms with Crippen molar-refractivity contribution in [1.82, 2.24) is 5.32 Å². The van der Waals surface area contributed by atoms with Crippen LogP contribution in [0.4, 0.5) is 4.79 Å². The molecule has 1 saturated heterocycles. The van der Waals surface area contributed by atoms with Gasteiger partial charge in [0.25, 0.3) is 0 Å². The minimum atomic E-state index is -0.367. The van der Waals surface area contributed by atoms with Crippen molar-refractivity contribution in [2.75, 3.05) is 19.4 Å². The number of hydrogen-bond acceptors (Lipinski definition) is 4. The number of benzene rings is 1. The number of carbonyl (C=O) groups excluding carboxylic acids is 1. The highest BCUT2D eigenvalue weighted by molar-refractivity contribution is 8.01. The zero-order chi connectivity index (χ0) is 30.8. The molecular weight excluding hydrogens is 552 g/mol. The van der Waals surface area contributed by atoms with Crippen LogP contribution < -0.4 is 19.4 Å². The van der Waals surface area contributed by atoms with Crippen LogP contribution >= 0.6 is 11.8 Å². The molecule has 1 N–H and O–H groups in total. The lowest BCUT2D eigenvalue weighted by atomic mass is 9.94. The highest BCUT2D eigenvalue weighted by atomic mass is 32.2. The number of nitrogens with one attached hydrogen (secondary N) is 1. The maximum atomic E-state index is 13.1. The molecule has 2 aromatic rings. The Morgan fingerprint density at radius 3 is 1.88 bits per heavy atom. The average Bonchev–Trinajstić information content (AvgIpc) is 3.00. The van der Waals surface area contributed by atoms with Gasteiger partial charge in [-0.1, -0.05) is 129 Å². The van der Waals surface area contributed by atoms with E-state index in [2.05, 4.69) is 42.8 Å². The van der Waals surface area contributed by atoms with E-state index in [1.165, 1.54) is 89.9 Å². The Bertz CT molecular complexity index is 1090. The molecule has 1 aliphatic rings. The van der Waals surface area contributed by atoms with Gasteiger partial charge in [0.2, 0.25) is 5.52 Å². The summed E-state index contributed by atoms with van der Waals surface area (Å²) in [7, 11) is 1.74. The van der Waals surface area contributed by atoms with Gasteiger partial charge in [0.15, 0.2) is 12.3 Å². The van der Waals surface area contributed by atoms with Crippen molar-refractivity contribution in [3.8, 4) is 11.6 Å². The van der Waals surface area contributed by atoms with Crippen LogP contribution in [0.1, 0.15) is 148 Å². The molecule has 2 heterocycles. The summed E-state index contributed by atoms with van der Waals surface area (Å²) >= 11 is 1.91. The number of rotatable bonds is 23. The van der Waals surface area contributed by atoms with E-state index in [-0.39, 0.29) is 10.8 Å². The number of nitrogens with zero attached hydrogens (tertiary/aromatic N) is 1. The topological polar surface area (TPSA) is 51.4 Å². The summed E-state index contributed by atoms with van der Waals surface area (Å²) in [5.74, 6) is 2.58. The average molecular weight is 614 g/mol. The number of unbranched alkanes of at least 4 members (excludes halogenated alkanes) is 16. The van der Waals surface area contributed by atoms with E-state index in [0.29, 0.717) is 12.3 Å². The third kappa shape index (κ3) is 11.2. The highest BCUT2D eigenvalue weighted by Gasteiger charge is 2.45. The van der Waals surface area contributed by atoms with Gasteiger partial charge in [0.1, 0.15) is 5.56 Å². The number of thioether (sulfide) groups is 1. The third-order valence-corrected chi connectivity index (χ3v) is 10.5. The summed E-state index contributed by atoms with van der Waals surface area (Å²) in [4.78, 5) is 13.1. The van der Waals surface area contributed by atoms with E-state index >= 15 is 0 Å². The van der Waals surface area contributed by atoms with Crippen LogP contribution in [0.15, 0.2) is 24.3 Å². The molecule has 1 aromatic heterocycles. The van der Waals surface area contributed by atoms with E-state index in [4.69, 9.17) is 9.47 Å². The molecule has 242 valence electrons. The number of hydrogen-bond donors (Lipinski definition) is 1. The largest absolute Gasteiger partial charge is 0.447 e. The fourth-order valence-electron chi connectivity index (χ4n) is 6.30. The number of aryl methyl sites for hydroxylation is 1. The molecule has 6 heteroatoms. The van der Waals surface area contributed by atoms with Gasteiger partial charge in [-0.3, -0.25) is 0 Å². The van der Waals surface area contributed by atoms with Crippen molar-refractivity contribution in [1.29, 1.82) is 0 Å². The first-order valence-electron chi connectivity index (χ1n) is 17.7. The molecule has 0 saturated carbocycles. The zero-order valence-corrected chi connectivity index (χ0v) is 28.8. The Morgan fingerprint density at radius 2 is 1.37 bits per heavy atom. The lowest BCUT2D eigenvalue weighted by Crippen LogP contribution is -2.41. The molecule has 1 amide bonds. The predicted molar refractivity (Wildman–Crippen MR) is 184 cm³/mol. The monoisotopic (exact) mass is 613 g/mol. The van der Waals surface area contributed by atoms with Gasteiger partial charge in [-0.15, -0.1) is 11.8 Å². The Hall–Kier alpha value is -1.95. The SMILES string of the molecule is CCCCCCCCCCCCCCCCCCNC(=O)Oc1c(C2(C)CCS2)c(OC)[n+](CCCC)c2ccccc12. The molecule has 1 unspecified atom stereocenters. The predicted octanol–water partition coefficient (Wildman–Crippen LogP) is 10.6. The molecule has 3 rings (SSSR count). The second-order valence-corrected chi connectivity index (χ2v) is 14.3. The maximum absolute atomic E-state index is 13.1. The van der Waals surface area contributed by atoms with Crippen LogP contribution in [0, 0.1) is 0 Å². The molecule has 0 spiro atoms. The Kier molecular flexibility index (Phi) is 16.7. The number of carbonyl (C=O) groups is 1. The molecular formula is C37H61N2O3S+. The highest BCUT2D eigenvalue weighted by Crippen LogP contribution is 2.55. The van der Waals surface area contributed by atoms with Gasteiger partial charge in [-0.25, -0.2) is 4.79 Å². The molecule has 0 radical (unpaired) electrons. The van der Waals surface area contributed by atoms with Crippen molar-refractivity contribution in [2.24, 2.45) is 0 Å². The van der Waals surface area contributed by atoms with Crippen molar-refractivity contribution in [2.45, 2.75) is 154 Å². The van der Waals surface area contributed by atoms with E-state index in [1.807, 2.05) is 23.9 Å². The molecule has 1 aromatic carbocycles. The normalized spacial score (nSPS) is 16.3. The number of amides is 1. The third-order valence-electron chi connectivity index (χ3n) is 9.08. The Morgan fingerprint density at radius 1 is 0.837 bits per heavy atom. The fourth-order valence-corrected chi connectivity index (χ4v) is 7.44. The van der Waals surface area contributed by atoms with Crippen molar-refractivity contribution < 1.29 is 18.8 Å².